The molecule has 3 aliphatic heterocycles. The maximum absolute atomic E-state index is 13.4. The van der Waals surface area contributed by atoms with Crippen LogP contribution in [0.2, 0.25) is 0 Å². The number of ether oxygens (including phenoxy) is 6. The van der Waals surface area contributed by atoms with Gasteiger partial charge in [0.1, 0.15) is 73.2 Å². The minimum absolute atomic E-state index is 0.218. The predicted octanol–water partition coefficient (Wildman–Crippen LogP) is 12.4. The van der Waals surface area contributed by atoms with E-state index in [0.29, 0.717) is 6.42 Å². The fourth-order valence-corrected chi connectivity index (χ4v) is 13.0. The molecule has 0 aliphatic carbocycles. The number of hydrogen-bond acceptors (Lipinski definition) is 18. The van der Waals surface area contributed by atoms with Gasteiger partial charge in [-0.3, -0.25) is 4.79 Å². The molecule has 98 heavy (non-hydrogen) atoms. The first-order valence-electron chi connectivity index (χ1n) is 39.2. The Bertz CT molecular complexity index is 2050. The smallest absolute Gasteiger partial charge is 0.220 e. The minimum Gasteiger partial charge on any atom is -0.394 e. The summed E-state index contributed by atoms with van der Waals surface area (Å²) in [5, 5.41) is 121. The second kappa shape index (κ2) is 59.6. The highest BCUT2D eigenvalue weighted by atomic mass is 16.8. The molecule has 0 bridgehead atoms. The summed E-state index contributed by atoms with van der Waals surface area (Å²) in [7, 11) is 0. The molecule has 0 radical (unpaired) electrons. The zero-order valence-corrected chi connectivity index (χ0v) is 60.8. The molecule has 1 amide bonds. The Labute approximate surface area is 591 Å². The molecule has 0 spiro atoms. The van der Waals surface area contributed by atoms with Crippen LogP contribution in [0.15, 0.2) is 72.9 Å². The summed E-state index contributed by atoms with van der Waals surface area (Å²) in [4.78, 5) is 13.4. The van der Waals surface area contributed by atoms with Crippen molar-refractivity contribution in [3.8, 4) is 0 Å². The summed E-state index contributed by atoms with van der Waals surface area (Å²) in [6, 6.07) is -0.990. The van der Waals surface area contributed by atoms with E-state index in [0.717, 1.165) is 89.9 Å². The SMILES string of the molecule is CC/C=C\C/C=C\C/C=C\C/C=C\C/C=C\CCCCCCCC(=O)NC(COC1OC(CO)C(OC2OC(CO)C(OC3OC(CO)C(O)C(O)C3O)C(O)C2O)C(O)C1O)C(O)/C=C/CCCCCCCCCCCCCCCCCCCCCCCCCCCCCCCC. The zero-order valence-electron chi connectivity index (χ0n) is 60.8. The second-order valence-electron chi connectivity index (χ2n) is 27.8. The summed E-state index contributed by atoms with van der Waals surface area (Å²) >= 11 is 0. The monoisotopic (exact) mass is 1390 g/mol. The van der Waals surface area contributed by atoms with Crippen molar-refractivity contribution < 1.29 is 89.4 Å². The maximum Gasteiger partial charge on any atom is 0.220 e. The molecule has 12 N–H and O–H groups in total. The van der Waals surface area contributed by atoms with Crippen LogP contribution in [0.4, 0.5) is 0 Å². The zero-order chi connectivity index (χ0) is 71.1. The molecule has 17 unspecified atom stereocenters. The normalized spacial score (nSPS) is 27.1. The van der Waals surface area contributed by atoms with Gasteiger partial charge in [-0.15, -0.1) is 0 Å². The first-order valence-corrected chi connectivity index (χ1v) is 39.2. The topological polar surface area (TPSA) is 307 Å². The van der Waals surface area contributed by atoms with Gasteiger partial charge in [0.25, 0.3) is 0 Å². The van der Waals surface area contributed by atoms with Gasteiger partial charge in [-0.2, -0.15) is 0 Å². The molecular formula is C79H141NO18. The number of aliphatic hydroxyl groups is 11. The fraction of sp³-hybridized carbons (Fsp3) is 0.835. The Balaban J connectivity index is 1.39. The van der Waals surface area contributed by atoms with Crippen molar-refractivity contribution in [2.45, 2.75) is 394 Å². The lowest BCUT2D eigenvalue weighted by Crippen LogP contribution is -2.66. The van der Waals surface area contributed by atoms with Gasteiger partial charge in [-0.1, -0.05) is 292 Å². The lowest BCUT2D eigenvalue weighted by molar-refractivity contribution is -0.379. The third kappa shape index (κ3) is 39.8. The van der Waals surface area contributed by atoms with E-state index < -0.39 is 124 Å². The summed E-state index contributed by atoms with van der Waals surface area (Å²) in [6.45, 7) is 1.63. The third-order valence-electron chi connectivity index (χ3n) is 19.3. The molecule has 17 atom stereocenters. The number of amides is 1. The van der Waals surface area contributed by atoms with E-state index in [-0.39, 0.29) is 18.9 Å². The average molecular weight is 1390 g/mol. The molecule has 3 heterocycles. The maximum atomic E-state index is 13.4. The molecule has 0 aromatic carbocycles. The lowest BCUT2D eigenvalue weighted by atomic mass is 9.96. The van der Waals surface area contributed by atoms with Gasteiger partial charge < -0.3 is 89.9 Å². The fourth-order valence-electron chi connectivity index (χ4n) is 13.0. The highest BCUT2D eigenvalue weighted by molar-refractivity contribution is 5.76. The van der Waals surface area contributed by atoms with Crippen molar-refractivity contribution in [2.75, 3.05) is 26.4 Å². The summed E-state index contributed by atoms with van der Waals surface area (Å²) in [5.41, 5.74) is 0. The van der Waals surface area contributed by atoms with Gasteiger partial charge in [0.2, 0.25) is 5.91 Å². The van der Waals surface area contributed by atoms with E-state index in [9.17, 15) is 61.0 Å². The van der Waals surface area contributed by atoms with Crippen molar-refractivity contribution >= 4 is 5.91 Å². The van der Waals surface area contributed by atoms with Gasteiger partial charge in [0.05, 0.1) is 38.6 Å². The van der Waals surface area contributed by atoms with Crippen molar-refractivity contribution in [1.29, 1.82) is 0 Å². The van der Waals surface area contributed by atoms with Crippen molar-refractivity contribution in [1.82, 2.24) is 5.32 Å². The molecule has 3 aliphatic rings. The summed E-state index contributed by atoms with van der Waals surface area (Å²) < 4.78 is 34.4. The Morgan fingerprint density at radius 1 is 0.378 bits per heavy atom. The second-order valence-corrected chi connectivity index (χ2v) is 27.8. The molecule has 3 saturated heterocycles. The predicted molar refractivity (Wildman–Crippen MR) is 388 cm³/mol. The number of aliphatic hydroxyl groups excluding tert-OH is 11. The summed E-state index contributed by atoms with van der Waals surface area (Å²) in [6.07, 6.45) is 50.3. The molecule has 3 fully saturated rings. The number of unbranched alkanes of at least 4 members (excludes halogenated alkanes) is 35. The Morgan fingerprint density at radius 3 is 1.10 bits per heavy atom. The van der Waals surface area contributed by atoms with Crippen molar-refractivity contribution in [3.63, 3.8) is 0 Å². The lowest BCUT2D eigenvalue weighted by Gasteiger charge is -2.48. The number of rotatable bonds is 61. The van der Waals surface area contributed by atoms with Crippen LogP contribution in [0.25, 0.3) is 0 Å². The molecular weight excluding hydrogens is 1250 g/mol. The highest BCUT2D eigenvalue weighted by Gasteiger charge is 2.53. The minimum atomic E-state index is -1.98. The summed E-state index contributed by atoms with van der Waals surface area (Å²) in [5.74, 6) is -0.294. The first-order chi connectivity index (χ1) is 47.8. The Hall–Kier alpha value is -2.77. The number of nitrogens with one attached hydrogen (secondary N) is 1. The van der Waals surface area contributed by atoms with E-state index in [1.165, 1.54) is 173 Å². The number of hydrogen-bond donors (Lipinski definition) is 12. The van der Waals surface area contributed by atoms with Gasteiger partial charge in [-0.05, 0) is 64.2 Å². The Kier molecular flexibility index (Phi) is 54.4. The molecule has 0 saturated carbocycles. The van der Waals surface area contributed by atoms with Crippen molar-refractivity contribution in [3.05, 3.63) is 72.9 Å². The molecule has 0 aromatic rings. The molecule has 0 aromatic heterocycles. The first kappa shape index (κ1) is 89.4. The van der Waals surface area contributed by atoms with Crippen LogP contribution in [0.5, 0.6) is 0 Å². The van der Waals surface area contributed by atoms with Gasteiger partial charge in [0.15, 0.2) is 18.9 Å². The molecule has 19 heteroatoms. The number of carbonyl (C=O) groups is 1. The standard InChI is InChI=1S/C79H141NO18/c1-3-5-7-9-11-13-15-17-19-21-23-25-26-27-28-29-30-31-32-33-34-35-37-38-40-42-44-46-48-50-52-54-56-63(84)62(80-67(85)57-55-53-51-49-47-45-43-41-39-36-24-22-20-18-16-14-12-10-8-6-4-2)61-93-77-73(91)70(88)75(65(59-82)95-77)98-79-74(92)71(89)76(66(60-83)96-79)97-78-72(90)69(87)68(86)64(58-81)94-78/h6,8,12,14,18,20,24,36,41,43,54,56,62-66,68-79,81-84,86-92H,3-5,7,9-11,13,15-17,19,21-23,25-35,37-40,42,44-53,55,57-61H2,1-2H3,(H,80,85)/b8-6-,14-12-,20-18-,36-24-,43-41-,56-54+. The number of allylic oxidation sites excluding steroid dienone is 11. The van der Waals surface area contributed by atoms with Crippen LogP contribution < -0.4 is 5.32 Å². The van der Waals surface area contributed by atoms with E-state index in [4.69, 9.17) is 28.4 Å². The Morgan fingerprint density at radius 2 is 0.704 bits per heavy atom. The van der Waals surface area contributed by atoms with Gasteiger partial charge in [-0.25, -0.2) is 0 Å². The van der Waals surface area contributed by atoms with Crippen LogP contribution in [0.1, 0.15) is 290 Å². The van der Waals surface area contributed by atoms with Crippen LogP contribution in [0.3, 0.4) is 0 Å². The van der Waals surface area contributed by atoms with Gasteiger partial charge >= 0.3 is 0 Å². The number of carbonyl (C=O) groups excluding carboxylic acids is 1. The van der Waals surface area contributed by atoms with E-state index in [1.54, 1.807) is 6.08 Å². The van der Waals surface area contributed by atoms with E-state index in [1.807, 2.05) is 6.08 Å². The van der Waals surface area contributed by atoms with Crippen molar-refractivity contribution in [2.24, 2.45) is 0 Å². The van der Waals surface area contributed by atoms with Crippen LogP contribution >= 0.6 is 0 Å². The van der Waals surface area contributed by atoms with E-state index in [2.05, 4.69) is 79.9 Å². The van der Waals surface area contributed by atoms with E-state index >= 15 is 0 Å². The molecule has 570 valence electrons. The molecule has 19 nitrogen and oxygen atoms in total. The molecule has 3 rings (SSSR count). The third-order valence-corrected chi connectivity index (χ3v) is 19.3. The van der Waals surface area contributed by atoms with Gasteiger partial charge in [0, 0.05) is 6.42 Å². The largest absolute Gasteiger partial charge is 0.394 e. The van der Waals surface area contributed by atoms with Crippen LogP contribution in [-0.4, -0.2) is 193 Å². The average Bonchev–Trinajstić information content (AvgIpc) is 0.784. The quantitative estimate of drug-likeness (QED) is 0.0199. The highest BCUT2D eigenvalue weighted by Crippen LogP contribution is 2.33. The van der Waals surface area contributed by atoms with Crippen LogP contribution in [0, 0.1) is 0 Å². The van der Waals surface area contributed by atoms with Crippen LogP contribution in [-0.2, 0) is 33.2 Å².